The zero-order valence-electron chi connectivity index (χ0n) is 14.0. The number of hydrogen-bond acceptors (Lipinski definition) is 3. The number of aliphatic hydroxyl groups excluding tert-OH is 1. The number of amides is 1. The second-order valence-electron chi connectivity index (χ2n) is 6.49. The van der Waals surface area contributed by atoms with E-state index in [0.29, 0.717) is 13.0 Å². The molecule has 1 aromatic rings. The summed E-state index contributed by atoms with van der Waals surface area (Å²) in [5, 5.41) is 9.34. The Bertz CT molecular complexity index is 502. The van der Waals surface area contributed by atoms with Crippen LogP contribution in [0.1, 0.15) is 43.4 Å². The van der Waals surface area contributed by atoms with Gasteiger partial charge in [0.1, 0.15) is 0 Å². The first kappa shape index (κ1) is 17.0. The molecule has 0 heterocycles. The van der Waals surface area contributed by atoms with Crippen molar-refractivity contribution in [1.29, 1.82) is 0 Å². The van der Waals surface area contributed by atoms with Gasteiger partial charge in [-0.05, 0) is 50.8 Å². The summed E-state index contributed by atoms with van der Waals surface area (Å²) >= 11 is 0. The quantitative estimate of drug-likeness (QED) is 0.876. The molecule has 22 heavy (non-hydrogen) atoms. The van der Waals surface area contributed by atoms with Crippen molar-refractivity contribution in [3.05, 3.63) is 35.4 Å². The van der Waals surface area contributed by atoms with Gasteiger partial charge in [-0.2, -0.15) is 0 Å². The number of benzene rings is 1. The second-order valence-corrected chi connectivity index (χ2v) is 6.49. The van der Waals surface area contributed by atoms with Crippen LogP contribution in [-0.2, 0) is 11.2 Å². The Kier molecular flexibility index (Phi) is 5.98. The van der Waals surface area contributed by atoms with E-state index in [-0.39, 0.29) is 18.1 Å². The summed E-state index contributed by atoms with van der Waals surface area (Å²) in [5.74, 6) is 0.148. The number of fused-ring (bicyclic) bond motifs is 1. The summed E-state index contributed by atoms with van der Waals surface area (Å²) in [5.41, 5.74) is 2.68. The molecule has 0 spiro atoms. The Hall–Kier alpha value is -1.39. The minimum atomic E-state index is -0.319. The third-order valence-corrected chi connectivity index (χ3v) is 4.53. The number of nitrogens with zero attached hydrogens (tertiary/aromatic N) is 2. The van der Waals surface area contributed by atoms with Crippen molar-refractivity contribution >= 4 is 5.91 Å². The van der Waals surface area contributed by atoms with Crippen molar-refractivity contribution in [2.75, 3.05) is 27.2 Å². The van der Waals surface area contributed by atoms with Crippen molar-refractivity contribution in [2.24, 2.45) is 0 Å². The number of aliphatic hydroxyl groups is 1. The van der Waals surface area contributed by atoms with Gasteiger partial charge >= 0.3 is 0 Å². The van der Waals surface area contributed by atoms with E-state index < -0.39 is 0 Å². The average Bonchev–Trinajstić information content (AvgIpc) is 2.51. The molecule has 0 saturated heterocycles. The molecule has 1 aliphatic carbocycles. The molecule has 4 heteroatoms. The standard InChI is InChI=1S/C18H28N2O2/c1-14(21)11-12-19(2)13-18(22)20(3)17-10-6-8-15-7-4-5-9-16(15)17/h4-5,7,9,14,17,21H,6,8,10-13H2,1-3H3. The lowest BCUT2D eigenvalue weighted by molar-refractivity contribution is -0.133. The molecule has 2 unspecified atom stereocenters. The van der Waals surface area contributed by atoms with E-state index in [4.69, 9.17) is 0 Å². The van der Waals surface area contributed by atoms with Gasteiger partial charge in [-0.1, -0.05) is 24.3 Å². The number of likely N-dealkylation sites (N-methyl/N-ethyl adjacent to an activating group) is 2. The Morgan fingerprint density at radius 1 is 1.36 bits per heavy atom. The Morgan fingerprint density at radius 3 is 2.82 bits per heavy atom. The van der Waals surface area contributed by atoms with Crippen LogP contribution in [0.4, 0.5) is 0 Å². The van der Waals surface area contributed by atoms with Crippen LogP contribution in [0.2, 0.25) is 0 Å². The average molecular weight is 304 g/mol. The fraction of sp³-hybridized carbons (Fsp3) is 0.611. The zero-order valence-corrected chi connectivity index (χ0v) is 14.0. The molecule has 0 bridgehead atoms. The SMILES string of the molecule is CC(O)CCN(C)CC(=O)N(C)C1CCCc2ccccc21. The van der Waals surface area contributed by atoms with Crippen molar-refractivity contribution in [1.82, 2.24) is 9.80 Å². The number of aryl methyl sites for hydroxylation is 1. The molecule has 1 amide bonds. The maximum absolute atomic E-state index is 12.5. The van der Waals surface area contributed by atoms with Crippen LogP contribution in [0, 0.1) is 0 Å². The summed E-state index contributed by atoms with van der Waals surface area (Å²) in [4.78, 5) is 16.4. The minimum absolute atomic E-state index is 0.148. The summed E-state index contributed by atoms with van der Waals surface area (Å²) in [6, 6.07) is 8.66. The highest BCUT2D eigenvalue weighted by molar-refractivity contribution is 5.78. The first-order valence-corrected chi connectivity index (χ1v) is 8.19. The monoisotopic (exact) mass is 304 g/mol. The van der Waals surface area contributed by atoms with E-state index in [1.165, 1.54) is 11.1 Å². The molecule has 0 aromatic heterocycles. The van der Waals surface area contributed by atoms with Crippen LogP contribution in [0.5, 0.6) is 0 Å². The topological polar surface area (TPSA) is 43.8 Å². The van der Waals surface area contributed by atoms with E-state index in [2.05, 4.69) is 24.3 Å². The summed E-state index contributed by atoms with van der Waals surface area (Å²) in [7, 11) is 3.85. The zero-order chi connectivity index (χ0) is 16.1. The Labute approximate surface area is 133 Å². The van der Waals surface area contributed by atoms with Crippen LogP contribution in [0.15, 0.2) is 24.3 Å². The molecule has 4 nitrogen and oxygen atoms in total. The largest absolute Gasteiger partial charge is 0.393 e. The first-order valence-electron chi connectivity index (χ1n) is 8.19. The van der Waals surface area contributed by atoms with E-state index in [1.54, 1.807) is 6.92 Å². The lowest BCUT2D eigenvalue weighted by Crippen LogP contribution is -2.40. The van der Waals surface area contributed by atoms with Crippen molar-refractivity contribution in [2.45, 2.75) is 44.8 Å². The van der Waals surface area contributed by atoms with E-state index in [1.807, 2.05) is 23.9 Å². The van der Waals surface area contributed by atoms with Crippen LogP contribution in [0.3, 0.4) is 0 Å². The van der Waals surface area contributed by atoms with E-state index in [0.717, 1.165) is 25.8 Å². The Morgan fingerprint density at radius 2 is 2.09 bits per heavy atom. The molecule has 0 radical (unpaired) electrons. The molecular weight excluding hydrogens is 276 g/mol. The predicted molar refractivity (Wildman–Crippen MR) is 88.7 cm³/mol. The van der Waals surface area contributed by atoms with E-state index >= 15 is 0 Å². The summed E-state index contributed by atoms with van der Waals surface area (Å²) < 4.78 is 0. The number of hydrogen-bond donors (Lipinski definition) is 1. The summed E-state index contributed by atoms with van der Waals surface area (Å²) in [6.07, 6.45) is 3.66. The van der Waals surface area contributed by atoms with E-state index in [9.17, 15) is 9.90 Å². The van der Waals surface area contributed by atoms with Crippen LogP contribution >= 0.6 is 0 Å². The molecule has 0 aliphatic heterocycles. The lowest BCUT2D eigenvalue weighted by Gasteiger charge is -2.34. The third-order valence-electron chi connectivity index (χ3n) is 4.53. The summed E-state index contributed by atoms with van der Waals surface area (Å²) in [6.45, 7) is 2.92. The maximum Gasteiger partial charge on any atom is 0.236 e. The van der Waals surface area contributed by atoms with Gasteiger partial charge in [-0.25, -0.2) is 0 Å². The lowest BCUT2D eigenvalue weighted by atomic mass is 9.87. The first-order chi connectivity index (χ1) is 10.5. The normalized spacial score (nSPS) is 18.9. The van der Waals surface area contributed by atoms with Crippen LogP contribution in [0.25, 0.3) is 0 Å². The molecule has 0 saturated carbocycles. The van der Waals surface area contributed by atoms with Gasteiger partial charge in [0, 0.05) is 13.6 Å². The fourth-order valence-electron chi connectivity index (χ4n) is 3.13. The van der Waals surface area contributed by atoms with Gasteiger partial charge in [0.25, 0.3) is 0 Å². The van der Waals surface area contributed by atoms with Gasteiger partial charge in [0.05, 0.1) is 18.7 Å². The molecule has 2 rings (SSSR count). The third kappa shape index (κ3) is 4.31. The van der Waals surface area contributed by atoms with Crippen molar-refractivity contribution in [3.63, 3.8) is 0 Å². The molecule has 2 atom stereocenters. The number of rotatable bonds is 6. The van der Waals surface area contributed by atoms with Gasteiger partial charge in [0.2, 0.25) is 5.91 Å². The highest BCUT2D eigenvalue weighted by atomic mass is 16.3. The number of carbonyl (C=O) groups is 1. The number of carbonyl (C=O) groups excluding carboxylic acids is 1. The highest BCUT2D eigenvalue weighted by Crippen LogP contribution is 2.33. The predicted octanol–water partition coefficient (Wildman–Crippen LogP) is 2.23. The molecule has 1 N–H and O–H groups in total. The molecule has 0 fully saturated rings. The highest BCUT2D eigenvalue weighted by Gasteiger charge is 2.26. The minimum Gasteiger partial charge on any atom is -0.393 e. The van der Waals surface area contributed by atoms with Gasteiger partial charge in [-0.3, -0.25) is 9.69 Å². The van der Waals surface area contributed by atoms with Crippen molar-refractivity contribution in [3.8, 4) is 0 Å². The van der Waals surface area contributed by atoms with Gasteiger partial charge in [0.15, 0.2) is 0 Å². The molecule has 122 valence electrons. The molecular formula is C18H28N2O2. The maximum atomic E-state index is 12.5. The Balaban J connectivity index is 1.97. The second kappa shape index (κ2) is 7.75. The fourth-order valence-corrected chi connectivity index (χ4v) is 3.13. The van der Waals surface area contributed by atoms with Gasteiger partial charge < -0.3 is 10.0 Å². The van der Waals surface area contributed by atoms with Crippen LogP contribution in [-0.4, -0.2) is 54.1 Å². The molecule has 1 aromatic carbocycles. The van der Waals surface area contributed by atoms with Gasteiger partial charge in [-0.15, -0.1) is 0 Å². The molecule has 1 aliphatic rings. The smallest absolute Gasteiger partial charge is 0.236 e. The van der Waals surface area contributed by atoms with Crippen LogP contribution < -0.4 is 0 Å². The van der Waals surface area contributed by atoms with Crippen molar-refractivity contribution < 1.29 is 9.90 Å².